The van der Waals surface area contributed by atoms with Crippen molar-refractivity contribution in [3.05, 3.63) is 41.6 Å². The highest BCUT2D eigenvalue weighted by atomic mass is 16.4. The lowest BCUT2D eigenvalue weighted by Gasteiger charge is -2.18. The first-order valence-electron chi connectivity index (χ1n) is 7.43. The molecule has 3 N–H and O–H groups in total. The first-order chi connectivity index (χ1) is 10.8. The maximum atomic E-state index is 12.1. The van der Waals surface area contributed by atoms with Crippen LogP contribution in [0.25, 0.3) is 11.3 Å². The monoisotopic (exact) mass is 315 g/mol. The minimum absolute atomic E-state index is 0.289. The summed E-state index contributed by atoms with van der Waals surface area (Å²) >= 11 is 0. The van der Waals surface area contributed by atoms with Crippen LogP contribution in [0.1, 0.15) is 36.3 Å². The number of aryl methyl sites for hydroxylation is 1. The molecular weight excluding hydrogens is 294 g/mol. The van der Waals surface area contributed by atoms with Crippen molar-refractivity contribution in [1.82, 2.24) is 15.5 Å². The summed E-state index contributed by atoms with van der Waals surface area (Å²) in [6.07, 6.45) is 0.354. The molecule has 1 amide bonds. The van der Waals surface area contributed by atoms with Crippen LogP contribution in [0.4, 0.5) is 0 Å². The van der Waals surface area contributed by atoms with Gasteiger partial charge in [-0.1, -0.05) is 29.8 Å². The second-order valence-corrected chi connectivity index (χ2v) is 6.23. The molecule has 0 radical (unpaired) electrons. The molecule has 0 unspecified atom stereocenters. The van der Waals surface area contributed by atoms with Gasteiger partial charge in [-0.25, -0.2) is 0 Å². The predicted molar refractivity (Wildman–Crippen MR) is 87.1 cm³/mol. The lowest BCUT2D eigenvalue weighted by atomic mass is 9.90. The number of carboxylic acid groups (broad SMARTS) is 1. The van der Waals surface area contributed by atoms with E-state index in [2.05, 4.69) is 15.5 Å². The van der Waals surface area contributed by atoms with Gasteiger partial charge in [-0.05, 0) is 33.3 Å². The average molecular weight is 315 g/mol. The molecule has 1 aromatic carbocycles. The van der Waals surface area contributed by atoms with Crippen molar-refractivity contribution in [2.45, 2.75) is 27.2 Å². The summed E-state index contributed by atoms with van der Waals surface area (Å²) in [5.41, 5.74) is 2.27. The minimum Gasteiger partial charge on any atom is -0.481 e. The molecule has 0 saturated carbocycles. The van der Waals surface area contributed by atoms with Crippen molar-refractivity contribution < 1.29 is 14.7 Å². The fourth-order valence-electron chi connectivity index (χ4n) is 2.00. The van der Waals surface area contributed by atoms with E-state index in [0.717, 1.165) is 11.1 Å². The van der Waals surface area contributed by atoms with Gasteiger partial charge >= 0.3 is 5.97 Å². The summed E-state index contributed by atoms with van der Waals surface area (Å²) in [5.74, 6) is -1.17. The number of aromatic amines is 1. The van der Waals surface area contributed by atoms with Gasteiger partial charge < -0.3 is 10.4 Å². The Morgan fingerprint density at radius 3 is 2.52 bits per heavy atom. The summed E-state index contributed by atoms with van der Waals surface area (Å²) in [7, 11) is 0. The van der Waals surface area contributed by atoms with Crippen molar-refractivity contribution in [3.63, 3.8) is 0 Å². The minimum atomic E-state index is -0.880. The Morgan fingerprint density at radius 1 is 1.26 bits per heavy atom. The van der Waals surface area contributed by atoms with Crippen molar-refractivity contribution in [2.24, 2.45) is 5.41 Å². The maximum absolute atomic E-state index is 12.1. The zero-order valence-electron chi connectivity index (χ0n) is 13.5. The molecular formula is C17H21N3O3. The molecule has 0 spiro atoms. The topological polar surface area (TPSA) is 95.1 Å². The van der Waals surface area contributed by atoms with Gasteiger partial charge in [-0.15, -0.1) is 0 Å². The number of amides is 1. The number of rotatable bonds is 6. The summed E-state index contributed by atoms with van der Waals surface area (Å²) in [4.78, 5) is 23.1. The van der Waals surface area contributed by atoms with Crippen molar-refractivity contribution in [3.8, 4) is 11.3 Å². The van der Waals surface area contributed by atoms with Crippen molar-refractivity contribution in [2.75, 3.05) is 6.54 Å². The standard InChI is InChI=1S/C17H21N3O3/c1-11-4-6-12(7-5-11)13-10-14(20-19-13)15(21)18-9-8-17(2,3)16(22)23/h4-7,10H,8-9H2,1-3H3,(H,18,21)(H,19,20)(H,22,23). The number of carboxylic acids is 1. The molecule has 0 aliphatic heterocycles. The Morgan fingerprint density at radius 2 is 1.91 bits per heavy atom. The Labute approximate surface area is 134 Å². The van der Waals surface area contributed by atoms with E-state index in [0.29, 0.717) is 17.8 Å². The zero-order valence-corrected chi connectivity index (χ0v) is 13.5. The van der Waals surface area contributed by atoms with Crippen LogP contribution in [-0.2, 0) is 4.79 Å². The van der Waals surface area contributed by atoms with E-state index in [9.17, 15) is 9.59 Å². The molecule has 6 nitrogen and oxygen atoms in total. The molecule has 0 bridgehead atoms. The lowest BCUT2D eigenvalue weighted by Crippen LogP contribution is -2.32. The predicted octanol–water partition coefficient (Wildman–Crippen LogP) is 2.62. The number of nitrogens with zero attached hydrogens (tertiary/aromatic N) is 1. The van der Waals surface area contributed by atoms with Gasteiger partial charge in [-0.2, -0.15) is 5.10 Å². The van der Waals surface area contributed by atoms with E-state index < -0.39 is 11.4 Å². The quantitative estimate of drug-likeness (QED) is 0.763. The second kappa shape index (κ2) is 6.64. The summed E-state index contributed by atoms with van der Waals surface area (Å²) in [6, 6.07) is 9.54. The van der Waals surface area contributed by atoms with E-state index in [-0.39, 0.29) is 12.5 Å². The Hall–Kier alpha value is -2.63. The smallest absolute Gasteiger partial charge is 0.309 e. The molecule has 0 aliphatic rings. The highest BCUT2D eigenvalue weighted by molar-refractivity contribution is 5.93. The van der Waals surface area contributed by atoms with Gasteiger partial charge in [-0.3, -0.25) is 14.7 Å². The summed E-state index contributed by atoms with van der Waals surface area (Å²) < 4.78 is 0. The molecule has 23 heavy (non-hydrogen) atoms. The molecule has 2 rings (SSSR count). The van der Waals surface area contributed by atoms with E-state index in [1.54, 1.807) is 19.9 Å². The first-order valence-corrected chi connectivity index (χ1v) is 7.43. The first kappa shape index (κ1) is 16.7. The third-order valence-corrected chi connectivity index (χ3v) is 3.78. The molecule has 1 heterocycles. The third kappa shape index (κ3) is 4.18. The number of aromatic nitrogens is 2. The van der Waals surface area contributed by atoms with Crippen LogP contribution in [0.5, 0.6) is 0 Å². The van der Waals surface area contributed by atoms with Gasteiger partial charge in [0.25, 0.3) is 5.91 Å². The summed E-state index contributed by atoms with van der Waals surface area (Å²) in [5, 5.41) is 18.6. The normalized spacial score (nSPS) is 11.3. The van der Waals surface area contributed by atoms with Gasteiger partial charge in [0.1, 0.15) is 5.69 Å². The SMILES string of the molecule is Cc1ccc(-c2cc(C(=O)NCCC(C)(C)C(=O)O)[nH]n2)cc1. The largest absolute Gasteiger partial charge is 0.481 e. The molecule has 2 aromatic rings. The molecule has 122 valence electrons. The second-order valence-electron chi connectivity index (χ2n) is 6.23. The molecule has 6 heteroatoms. The van der Waals surface area contributed by atoms with Crippen LogP contribution < -0.4 is 5.32 Å². The zero-order chi connectivity index (χ0) is 17.0. The lowest BCUT2D eigenvalue weighted by molar-refractivity contribution is -0.147. The van der Waals surface area contributed by atoms with Gasteiger partial charge in [0.05, 0.1) is 11.1 Å². The van der Waals surface area contributed by atoms with Gasteiger partial charge in [0.15, 0.2) is 0 Å². The van der Waals surface area contributed by atoms with E-state index in [1.807, 2.05) is 31.2 Å². The van der Waals surface area contributed by atoms with Crippen molar-refractivity contribution >= 4 is 11.9 Å². The van der Waals surface area contributed by atoms with Crippen LogP contribution in [0.2, 0.25) is 0 Å². The Bertz CT molecular complexity index is 702. The number of aliphatic carboxylic acids is 1. The highest BCUT2D eigenvalue weighted by Crippen LogP contribution is 2.20. The molecule has 0 aliphatic carbocycles. The maximum Gasteiger partial charge on any atom is 0.309 e. The number of H-pyrrole nitrogens is 1. The number of benzene rings is 1. The molecule has 0 saturated heterocycles. The van der Waals surface area contributed by atoms with Crippen LogP contribution in [0.3, 0.4) is 0 Å². The third-order valence-electron chi connectivity index (χ3n) is 3.78. The van der Waals surface area contributed by atoms with Crippen molar-refractivity contribution in [1.29, 1.82) is 0 Å². The van der Waals surface area contributed by atoms with Crippen LogP contribution in [0.15, 0.2) is 30.3 Å². The number of hydrogen-bond acceptors (Lipinski definition) is 3. The Balaban J connectivity index is 1.96. The average Bonchev–Trinajstić information content (AvgIpc) is 2.97. The Kier molecular flexibility index (Phi) is 4.83. The number of carbonyl (C=O) groups is 2. The van der Waals surface area contributed by atoms with E-state index in [4.69, 9.17) is 5.11 Å². The number of nitrogens with one attached hydrogen (secondary N) is 2. The van der Waals surface area contributed by atoms with E-state index in [1.165, 1.54) is 0 Å². The van der Waals surface area contributed by atoms with Gasteiger partial charge in [0.2, 0.25) is 0 Å². The molecule has 0 atom stereocenters. The van der Waals surface area contributed by atoms with E-state index >= 15 is 0 Å². The van der Waals surface area contributed by atoms with Crippen LogP contribution in [-0.4, -0.2) is 33.7 Å². The molecule has 1 aromatic heterocycles. The fourth-order valence-corrected chi connectivity index (χ4v) is 2.00. The summed E-state index contributed by atoms with van der Waals surface area (Å²) in [6.45, 7) is 5.56. The molecule has 0 fully saturated rings. The highest BCUT2D eigenvalue weighted by Gasteiger charge is 2.26. The fraction of sp³-hybridized carbons (Fsp3) is 0.353. The van der Waals surface area contributed by atoms with Crippen LogP contribution in [0, 0.1) is 12.3 Å². The number of carbonyl (C=O) groups excluding carboxylic acids is 1. The van der Waals surface area contributed by atoms with Gasteiger partial charge in [0, 0.05) is 12.1 Å². The van der Waals surface area contributed by atoms with Crippen LogP contribution >= 0.6 is 0 Å². The number of hydrogen-bond donors (Lipinski definition) is 3.